The average molecular weight is 582 g/mol. The molecule has 4 heterocycles. The highest BCUT2D eigenvalue weighted by Crippen LogP contribution is 2.36. The molecular weight excluding hydrogens is 542 g/mol. The van der Waals surface area contributed by atoms with Crippen molar-refractivity contribution in [3.8, 4) is 22.9 Å². The Morgan fingerprint density at radius 1 is 1.09 bits per heavy atom. The molecule has 2 aromatic carbocycles. The Balaban J connectivity index is 1.18. The van der Waals surface area contributed by atoms with E-state index in [4.69, 9.17) is 14.5 Å². The maximum atomic E-state index is 13.6. The van der Waals surface area contributed by atoms with Crippen molar-refractivity contribution in [2.75, 3.05) is 31.6 Å². The topological polar surface area (TPSA) is 126 Å². The van der Waals surface area contributed by atoms with Crippen LogP contribution in [0.1, 0.15) is 73.2 Å². The molecule has 0 aliphatic carbocycles. The molecule has 0 bridgehead atoms. The molecule has 4 N–H and O–H groups in total. The van der Waals surface area contributed by atoms with Gasteiger partial charge in [-0.15, -0.1) is 0 Å². The number of H-pyrrole nitrogens is 1. The Bertz CT molecular complexity index is 1520. The molecule has 2 aromatic heterocycles. The zero-order chi connectivity index (χ0) is 29.5. The van der Waals surface area contributed by atoms with Gasteiger partial charge in [-0.05, 0) is 80.9 Å². The number of aromatic amines is 1. The third-order valence-electron chi connectivity index (χ3n) is 8.19. The summed E-state index contributed by atoms with van der Waals surface area (Å²) < 4.78 is 11.9. The predicted molar refractivity (Wildman–Crippen MR) is 165 cm³/mol. The van der Waals surface area contributed by atoms with E-state index in [0.29, 0.717) is 31.0 Å². The van der Waals surface area contributed by atoms with Gasteiger partial charge < -0.3 is 25.4 Å². The maximum Gasteiger partial charge on any atom is 0.251 e. The molecule has 0 saturated carbocycles. The number of benzene rings is 2. The van der Waals surface area contributed by atoms with Crippen molar-refractivity contribution in [1.82, 2.24) is 30.8 Å². The van der Waals surface area contributed by atoms with Crippen LogP contribution in [0.15, 0.2) is 67.0 Å². The number of carbonyl (C=O) groups excluding carboxylic acids is 1. The molecule has 43 heavy (non-hydrogen) atoms. The second-order valence-electron chi connectivity index (χ2n) is 11.2. The van der Waals surface area contributed by atoms with Crippen LogP contribution in [0.4, 0.5) is 5.69 Å². The Kier molecular flexibility index (Phi) is 8.83. The van der Waals surface area contributed by atoms with E-state index < -0.39 is 5.54 Å². The SMILES string of the molecule is CCCCCOc1ccc2c(c1)[C@@H](NC(=O)c1cccc(NC3(c4nc(-c5ccncc5)n[nH]4)CCNCC3)c1)CCO2. The minimum Gasteiger partial charge on any atom is -0.494 e. The number of unbranched alkanes of at least 4 members (excludes halogenated alkanes) is 2. The first-order valence-electron chi connectivity index (χ1n) is 15.3. The first-order valence-corrected chi connectivity index (χ1v) is 15.3. The van der Waals surface area contributed by atoms with Crippen LogP contribution in [-0.4, -0.2) is 52.4 Å². The summed E-state index contributed by atoms with van der Waals surface area (Å²) in [5.41, 5.74) is 2.85. The number of pyridine rings is 1. The van der Waals surface area contributed by atoms with Crippen LogP contribution in [-0.2, 0) is 5.54 Å². The summed E-state index contributed by atoms with van der Waals surface area (Å²) in [6, 6.07) is 17.2. The molecule has 1 amide bonds. The van der Waals surface area contributed by atoms with Gasteiger partial charge in [0.25, 0.3) is 5.91 Å². The van der Waals surface area contributed by atoms with Gasteiger partial charge in [0.2, 0.25) is 0 Å². The zero-order valence-corrected chi connectivity index (χ0v) is 24.6. The normalized spacial score (nSPS) is 17.4. The molecule has 1 fully saturated rings. The largest absolute Gasteiger partial charge is 0.494 e. The average Bonchev–Trinajstić information content (AvgIpc) is 3.56. The third kappa shape index (κ3) is 6.64. The Morgan fingerprint density at radius 2 is 1.95 bits per heavy atom. The molecule has 10 nitrogen and oxygen atoms in total. The lowest BCUT2D eigenvalue weighted by Gasteiger charge is -2.37. The van der Waals surface area contributed by atoms with Gasteiger partial charge in [0.1, 0.15) is 11.5 Å². The standard InChI is InChI=1S/C33H39N7O3/c1-2-3-4-19-42-26-8-9-29-27(22-26)28(12-20-43-29)36-31(41)24-6-5-7-25(21-24)38-33(13-17-35-18-14-33)32-37-30(39-40-32)23-10-15-34-16-11-23/h5-11,15-16,21-22,28,35,38H,2-4,12-14,17-20H2,1H3,(H,36,41)(H,37,39,40)/t28-/m0/s1. The molecular formula is C33H39N7O3. The highest BCUT2D eigenvalue weighted by molar-refractivity contribution is 5.95. The zero-order valence-electron chi connectivity index (χ0n) is 24.6. The summed E-state index contributed by atoms with van der Waals surface area (Å²) in [7, 11) is 0. The summed E-state index contributed by atoms with van der Waals surface area (Å²) in [4.78, 5) is 22.5. The molecule has 0 radical (unpaired) electrons. The van der Waals surface area contributed by atoms with Crippen LogP contribution >= 0.6 is 0 Å². The van der Waals surface area contributed by atoms with Crippen molar-refractivity contribution in [2.24, 2.45) is 0 Å². The quantitative estimate of drug-likeness (QED) is 0.174. The number of ether oxygens (including phenoxy) is 2. The number of hydrogen-bond acceptors (Lipinski definition) is 8. The van der Waals surface area contributed by atoms with Gasteiger partial charge in [0.15, 0.2) is 11.6 Å². The van der Waals surface area contributed by atoms with Crippen molar-refractivity contribution in [1.29, 1.82) is 0 Å². The highest BCUT2D eigenvalue weighted by atomic mass is 16.5. The van der Waals surface area contributed by atoms with Crippen molar-refractivity contribution in [3.05, 3.63) is 83.9 Å². The molecule has 10 heteroatoms. The van der Waals surface area contributed by atoms with E-state index in [-0.39, 0.29) is 11.9 Å². The van der Waals surface area contributed by atoms with E-state index in [0.717, 1.165) is 79.3 Å². The van der Waals surface area contributed by atoms with E-state index in [1.807, 2.05) is 54.6 Å². The van der Waals surface area contributed by atoms with E-state index in [1.165, 1.54) is 0 Å². The summed E-state index contributed by atoms with van der Waals surface area (Å²) in [5, 5.41) is 18.1. The number of nitrogens with zero attached hydrogens (tertiary/aromatic N) is 3. The van der Waals surface area contributed by atoms with Crippen LogP contribution in [0.3, 0.4) is 0 Å². The Morgan fingerprint density at radius 3 is 2.79 bits per heavy atom. The molecule has 6 rings (SSSR count). The van der Waals surface area contributed by atoms with E-state index in [1.54, 1.807) is 12.4 Å². The minimum absolute atomic E-state index is 0.130. The number of amides is 1. The van der Waals surface area contributed by atoms with Crippen molar-refractivity contribution in [3.63, 3.8) is 0 Å². The molecule has 0 spiro atoms. The number of carbonyl (C=O) groups is 1. The number of hydrogen-bond donors (Lipinski definition) is 4. The van der Waals surface area contributed by atoms with Crippen LogP contribution in [0.25, 0.3) is 11.4 Å². The maximum absolute atomic E-state index is 13.6. The summed E-state index contributed by atoms with van der Waals surface area (Å²) >= 11 is 0. The fourth-order valence-electron chi connectivity index (χ4n) is 5.79. The van der Waals surface area contributed by atoms with Crippen LogP contribution in [0.2, 0.25) is 0 Å². The second-order valence-corrected chi connectivity index (χ2v) is 11.2. The lowest BCUT2D eigenvalue weighted by Crippen LogP contribution is -2.46. The van der Waals surface area contributed by atoms with Crippen molar-refractivity contribution >= 4 is 11.6 Å². The van der Waals surface area contributed by atoms with E-state index in [2.05, 4.69) is 38.1 Å². The monoisotopic (exact) mass is 581 g/mol. The Hall–Kier alpha value is -4.44. The number of piperidine rings is 1. The van der Waals surface area contributed by atoms with Crippen molar-refractivity contribution < 1.29 is 14.3 Å². The molecule has 2 aliphatic rings. The van der Waals surface area contributed by atoms with Gasteiger partial charge >= 0.3 is 0 Å². The summed E-state index contributed by atoms with van der Waals surface area (Å²) in [5.74, 6) is 2.88. The van der Waals surface area contributed by atoms with Crippen LogP contribution < -0.4 is 25.4 Å². The van der Waals surface area contributed by atoms with Crippen LogP contribution in [0, 0.1) is 0 Å². The number of rotatable bonds is 11. The number of fused-ring (bicyclic) bond motifs is 1. The minimum atomic E-state index is -0.453. The van der Waals surface area contributed by atoms with E-state index in [9.17, 15) is 4.79 Å². The smallest absolute Gasteiger partial charge is 0.251 e. The van der Waals surface area contributed by atoms with Gasteiger partial charge in [-0.1, -0.05) is 25.8 Å². The molecule has 1 atom stereocenters. The third-order valence-corrected chi connectivity index (χ3v) is 8.19. The molecule has 224 valence electrons. The van der Waals surface area contributed by atoms with E-state index >= 15 is 0 Å². The molecule has 1 saturated heterocycles. The van der Waals surface area contributed by atoms with Gasteiger partial charge in [-0.3, -0.25) is 14.9 Å². The van der Waals surface area contributed by atoms with Gasteiger partial charge in [-0.25, -0.2) is 4.98 Å². The van der Waals surface area contributed by atoms with Gasteiger partial charge in [-0.2, -0.15) is 5.10 Å². The fourth-order valence-corrected chi connectivity index (χ4v) is 5.79. The predicted octanol–water partition coefficient (Wildman–Crippen LogP) is 5.38. The molecule has 0 unspecified atom stereocenters. The fraction of sp³-hybridized carbons (Fsp3) is 0.394. The van der Waals surface area contributed by atoms with Crippen LogP contribution in [0.5, 0.6) is 11.5 Å². The lowest BCUT2D eigenvalue weighted by molar-refractivity contribution is 0.0924. The highest BCUT2D eigenvalue weighted by Gasteiger charge is 2.37. The second kappa shape index (κ2) is 13.2. The first kappa shape index (κ1) is 28.7. The number of aromatic nitrogens is 4. The van der Waals surface area contributed by atoms with Gasteiger partial charge in [0.05, 0.1) is 24.8 Å². The lowest BCUT2D eigenvalue weighted by atomic mass is 9.87. The Labute approximate surface area is 252 Å². The molecule has 4 aromatic rings. The van der Waals surface area contributed by atoms with Crippen molar-refractivity contribution in [2.45, 2.75) is 57.0 Å². The first-order chi connectivity index (χ1) is 21.1. The number of anilines is 1. The number of nitrogens with one attached hydrogen (secondary N) is 4. The summed E-state index contributed by atoms with van der Waals surface area (Å²) in [6.07, 6.45) is 9.11. The molecule has 2 aliphatic heterocycles. The van der Waals surface area contributed by atoms with Gasteiger partial charge in [0, 0.05) is 41.2 Å². The summed E-state index contributed by atoms with van der Waals surface area (Å²) in [6.45, 7) is 5.08.